The van der Waals surface area contributed by atoms with E-state index >= 15 is 0 Å². The highest BCUT2D eigenvalue weighted by Gasteiger charge is 2.63. The third-order valence-corrected chi connectivity index (χ3v) is 6.85. The number of esters is 1. The molecule has 0 N–H and O–H groups in total. The Labute approximate surface area is 209 Å². The Morgan fingerprint density at radius 1 is 1.03 bits per heavy atom. The summed E-state index contributed by atoms with van der Waals surface area (Å²) in [5, 5.41) is -5.92. The minimum absolute atomic E-state index is 0.203. The van der Waals surface area contributed by atoms with Gasteiger partial charge in [-0.3, -0.25) is 4.48 Å². The third kappa shape index (κ3) is 7.72. The maximum atomic E-state index is 14.0. The summed E-state index contributed by atoms with van der Waals surface area (Å²) in [6, 6.07) is 4.09. The molecule has 0 saturated carbocycles. The molecule has 0 heterocycles. The molecule has 206 valence electrons. The minimum Gasteiger partial charge on any atom is -0.743 e. The Morgan fingerprint density at radius 2 is 1.50 bits per heavy atom. The third-order valence-electron chi connectivity index (χ3n) is 5.97. The van der Waals surface area contributed by atoms with E-state index in [4.69, 9.17) is 0 Å². The normalized spacial score (nSPS) is 13.9. The second-order valence-electron chi connectivity index (χ2n) is 8.70. The Bertz CT molecular complexity index is 973. The zero-order chi connectivity index (χ0) is 27.8. The molecule has 0 aromatic heterocycles. The Balaban J connectivity index is 3.76. The highest BCUT2D eigenvalue weighted by atomic mass is 32.2. The molecule has 0 radical (unpaired) electrons. The first-order valence-electron chi connectivity index (χ1n) is 11.8. The summed E-state index contributed by atoms with van der Waals surface area (Å²) in [5.41, 5.74) is 0.424. The van der Waals surface area contributed by atoms with Gasteiger partial charge in [0.1, 0.15) is 11.3 Å². The average Bonchev–Trinajstić information content (AvgIpc) is 2.80. The lowest BCUT2D eigenvalue weighted by Gasteiger charge is -2.40. The van der Waals surface area contributed by atoms with E-state index in [1.54, 1.807) is 6.07 Å². The van der Waals surface area contributed by atoms with E-state index < -0.39 is 39.2 Å². The standard InChI is InChI=1S/C24H34F5NO5S/c1-5-9-14-30(15-10-6-2,16-11-7-3)20-17-18(8-4)12-13-19(20)21(31)35-22(23(25,26)27)24(28,29)36(32,33)34/h8,12-13,17,22H,4-7,9-11,14-16H2,1-3H3. The van der Waals surface area contributed by atoms with Gasteiger partial charge >= 0.3 is 17.4 Å². The molecule has 0 amide bonds. The van der Waals surface area contributed by atoms with Crippen LogP contribution in [0.15, 0.2) is 24.8 Å². The summed E-state index contributed by atoms with van der Waals surface area (Å²) in [6.07, 6.45) is -4.46. The van der Waals surface area contributed by atoms with Crippen molar-refractivity contribution in [2.45, 2.75) is 76.8 Å². The van der Waals surface area contributed by atoms with Gasteiger partial charge < -0.3 is 9.29 Å². The number of hydrogen-bond donors (Lipinski definition) is 0. The number of benzene rings is 1. The molecule has 1 unspecified atom stereocenters. The van der Waals surface area contributed by atoms with Gasteiger partial charge in [-0.1, -0.05) is 58.8 Å². The van der Waals surface area contributed by atoms with Crippen molar-refractivity contribution in [2.24, 2.45) is 0 Å². The van der Waals surface area contributed by atoms with Crippen molar-refractivity contribution >= 4 is 27.9 Å². The second kappa shape index (κ2) is 13.0. The number of carbonyl (C=O) groups excluding carboxylic acids is 1. The summed E-state index contributed by atoms with van der Waals surface area (Å²) in [4.78, 5) is 13.0. The minimum atomic E-state index is -6.80. The number of unbranched alkanes of at least 4 members (excludes halogenated alkanes) is 3. The van der Waals surface area contributed by atoms with Gasteiger partial charge in [-0.05, 0) is 30.9 Å². The van der Waals surface area contributed by atoms with E-state index in [1.165, 1.54) is 12.1 Å². The first kappa shape index (κ1) is 32.0. The van der Waals surface area contributed by atoms with Crippen molar-refractivity contribution in [1.29, 1.82) is 0 Å². The number of quaternary nitrogens is 1. The van der Waals surface area contributed by atoms with Crippen LogP contribution in [0, 0.1) is 0 Å². The van der Waals surface area contributed by atoms with E-state index in [0.717, 1.165) is 44.6 Å². The van der Waals surface area contributed by atoms with Crippen molar-refractivity contribution in [3.8, 4) is 0 Å². The fourth-order valence-corrected chi connectivity index (χ4v) is 4.39. The van der Waals surface area contributed by atoms with Gasteiger partial charge in [-0.25, -0.2) is 13.2 Å². The van der Waals surface area contributed by atoms with E-state index in [1.807, 2.05) is 20.8 Å². The van der Waals surface area contributed by atoms with Gasteiger partial charge in [-0.15, -0.1) is 0 Å². The predicted octanol–water partition coefficient (Wildman–Crippen LogP) is 6.26. The monoisotopic (exact) mass is 543 g/mol. The van der Waals surface area contributed by atoms with E-state index in [9.17, 15) is 39.7 Å². The molecule has 12 heteroatoms. The van der Waals surface area contributed by atoms with Gasteiger partial charge in [0.25, 0.3) is 6.10 Å². The molecule has 0 aliphatic rings. The Hall–Kier alpha value is -2.05. The van der Waals surface area contributed by atoms with Crippen LogP contribution in [0.1, 0.15) is 75.2 Å². The number of nitrogens with zero attached hydrogens (tertiary/aromatic N) is 1. The summed E-state index contributed by atoms with van der Waals surface area (Å²) in [6.45, 7) is 11.2. The number of ether oxygens (including phenoxy) is 1. The first-order valence-corrected chi connectivity index (χ1v) is 13.3. The molecular weight excluding hydrogens is 509 g/mol. The molecule has 0 saturated heterocycles. The highest BCUT2D eigenvalue weighted by molar-refractivity contribution is 7.86. The summed E-state index contributed by atoms with van der Waals surface area (Å²) >= 11 is 0. The SMILES string of the molecule is C=Cc1ccc(C(=O)OC(C(F)(F)F)C(F)(F)S(=O)(=O)[O-])c([N+](CCCC)(CCCC)CCCC)c1. The molecule has 0 bridgehead atoms. The Kier molecular flexibility index (Phi) is 11.5. The predicted molar refractivity (Wildman–Crippen MR) is 128 cm³/mol. The molecule has 0 spiro atoms. The largest absolute Gasteiger partial charge is 0.743 e. The highest BCUT2D eigenvalue weighted by Crippen LogP contribution is 2.40. The molecule has 36 heavy (non-hydrogen) atoms. The van der Waals surface area contributed by atoms with Crippen LogP contribution in [-0.4, -0.2) is 56.1 Å². The van der Waals surface area contributed by atoms with Gasteiger partial charge in [0.15, 0.2) is 10.1 Å². The van der Waals surface area contributed by atoms with E-state index in [2.05, 4.69) is 11.3 Å². The summed E-state index contributed by atoms with van der Waals surface area (Å²) in [5.74, 6) is -1.79. The van der Waals surface area contributed by atoms with Gasteiger partial charge in [0, 0.05) is 6.07 Å². The van der Waals surface area contributed by atoms with Crippen molar-refractivity contribution in [1.82, 2.24) is 4.48 Å². The molecular formula is C24H34F5NO5S. The van der Waals surface area contributed by atoms with Crippen LogP contribution in [0.4, 0.5) is 27.6 Å². The maximum absolute atomic E-state index is 14.0. The quantitative estimate of drug-likeness (QED) is 0.113. The lowest BCUT2D eigenvalue weighted by molar-refractivity contribution is -0.248. The summed E-state index contributed by atoms with van der Waals surface area (Å²) in [7, 11) is -6.80. The zero-order valence-corrected chi connectivity index (χ0v) is 21.6. The van der Waals surface area contributed by atoms with E-state index in [0.29, 0.717) is 25.2 Å². The summed E-state index contributed by atoms with van der Waals surface area (Å²) < 4.78 is 105. The maximum Gasteiger partial charge on any atom is 0.432 e. The number of carbonyl (C=O) groups is 1. The van der Waals surface area contributed by atoms with Crippen LogP contribution in [-0.2, 0) is 14.9 Å². The van der Waals surface area contributed by atoms with Crippen molar-refractivity contribution in [3.63, 3.8) is 0 Å². The van der Waals surface area contributed by atoms with Crippen molar-refractivity contribution < 1.29 is 44.5 Å². The second-order valence-corrected chi connectivity index (χ2v) is 10.2. The van der Waals surface area contributed by atoms with Gasteiger partial charge in [0.2, 0.25) is 0 Å². The van der Waals surface area contributed by atoms with Crippen LogP contribution >= 0.6 is 0 Å². The smallest absolute Gasteiger partial charge is 0.432 e. The first-order chi connectivity index (χ1) is 16.6. The molecule has 6 nitrogen and oxygen atoms in total. The fourth-order valence-electron chi connectivity index (χ4n) is 3.95. The number of hydrogen-bond acceptors (Lipinski definition) is 5. The van der Waals surface area contributed by atoms with Crippen molar-refractivity contribution in [2.75, 3.05) is 19.6 Å². The molecule has 1 aromatic carbocycles. The van der Waals surface area contributed by atoms with E-state index in [-0.39, 0.29) is 10.2 Å². The van der Waals surface area contributed by atoms with Gasteiger partial charge in [0.05, 0.1) is 19.6 Å². The lowest BCUT2D eigenvalue weighted by atomic mass is 10.0. The molecule has 0 fully saturated rings. The number of halogens is 5. The number of alkyl halides is 5. The molecule has 0 aliphatic carbocycles. The Morgan fingerprint density at radius 3 is 1.86 bits per heavy atom. The molecule has 1 rings (SSSR count). The number of rotatable bonds is 15. The topological polar surface area (TPSA) is 83.5 Å². The van der Waals surface area contributed by atoms with Crippen molar-refractivity contribution in [3.05, 3.63) is 35.9 Å². The van der Waals surface area contributed by atoms with Crippen LogP contribution < -0.4 is 4.48 Å². The van der Waals surface area contributed by atoms with Crippen LogP contribution in [0.2, 0.25) is 0 Å². The van der Waals surface area contributed by atoms with Crippen LogP contribution in [0.5, 0.6) is 0 Å². The molecule has 1 aromatic rings. The lowest BCUT2D eigenvalue weighted by Crippen LogP contribution is -2.53. The zero-order valence-electron chi connectivity index (χ0n) is 20.7. The molecule has 0 aliphatic heterocycles. The van der Waals surface area contributed by atoms with Crippen LogP contribution in [0.3, 0.4) is 0 Å². The van der Waals surface area contributed by atoms with Crippen LogP contribution in [0.25, 0.3) is 6.08 Å². The average molecular weight is 544 g/mol. The molecule has 1 atom stereocenters. The fraction of sp³-hybridized carbons (Fsp3) is 0.625. The van der Waals surface area contributed by atoms with Gasteiger partial charge in [-0.2, -0.15) is 22.0 Å².